The van der Waals surface area contributed by atoms with Crippen LogP contribution in [0.25, 0.3) is 11.4 Å². The van der Waals surface area contributed by atoms with Crippen LogP contribution in [0.4, 0.5) is 17.6 Å². The lowest BCUT2D eigenvalue weighted by Gasteiger charge is -2.20. The van der Waals surface area contributed by atoms with Crippen molar-refractivity contribution in [2.45, 2.75) is 31.2 Å². The van der Waals surface area contributed by atoms with Crippen LogP contribution in [0.1, 0.15) is 41.0 Å². The lowest BCUT2D eigenvalue weighted by molar-refractivity contribution is -0.141. The summed E-state index contributed by atoms with van der Waals surface area (Å²) in [7, 11) is 1.24. The number of nitrogens with zero attached hydrogens (tertiary/aromatic N) is 4. The average molecular weight is 439 g/mol. The first kappa shape index (κ1) is 21.0. The van der Waals surface area contributed by atoms with Gasteiger partial charge in [0.05, 0.1) is 6.10 Å². The topological polar surface area (TPSA) is 95.1 Å². The Bertz CT molecular complexity index is 1090. The van der Waals surface area contributed by atoms with Gasteiger partial charge < -0.3 is 14.6 Å². The highest BCUT2D eigenvalue weighted by molar-refractivity contribution is 5.93. The number of nitrogens with one attached hydrogen (secondary N) is 1. The molecule has 4 rings (SSSR count). The van der Waals surface area contributed by atoms with Crippen LogP contribution in [0.15, 0.2) is 34.9 Å². The van der Waals surface area contributed by atoms with Crippen molar-refractivity contribution < 1.29 is 31.6 Å². The number of hydrogen-bond donors (Lipinski definition) is 1. The second-order valence-electron chi connectivity index (χ2n) is 7.01. The van der Waals surface area contributed by atoms with Crippen LogP contribution in [0.2, 0.25) is 0 Å². The van der Waals surface area contributed by atoms with Gasteiger partial charge in [0, 0.05) is 25.3 Å². The van der Waals surface area contributed by atoms with Gasteiger partial charge in [0.25, 0.3) is 11.8 Å². The molecule has 1 aliphatic rings. The molecule has 0 unspecified atom stereocenters. The second-order valence-corrected chi connectivity index (χ2v) is 7.01. The van der Waals surface area contributed by atoms with Crippen molar-refractivity contribution in [3.63, 3.8) is 0 Å². The summed E-state index contributed by atoms with van der Waals surface area (Å²) in [4.78, 5) is 17.0. The molecule has 1 aliphatic heterocycles. The zero-order valence-corrected chi connectivity index (χ0v) is 16.2. The van der Waals surface area contributed by atoms with Crippen LogP contribution in [0, 0.1) is 5.82 Å². The zero-order chi connectivity index (χ0) is 22.2. The maximum absolute atomic E-state index is 13.5. The van der Waals surface area contributed by atoms with Gasteiger partial charge in [0.15, 0.2) is 5.69 Å². The molecule has 2 aromatic heterocycles. The fraction of sp³-hybridized carbons (Fsp3) is 0.368. The van der Waals surface area contributed by atoms with E-state index in [4.69, 9.17) is 9.26 Å². The van der Waals surface area contributed by atoms with E-state index in [9.17, 15) is 22.4 Å². The van der Waals surface area contributed by atoms with Gasteiger partial charge in [-0.15, -0.1) is 0 Å². The van der Waals surface area contributed by atoms with E-state index in [-0.39, 0.29) is 17.4 Å². The van der Waals surface area contributed by atoms with Gasteiger partial charge in [-0.05, 0) is 25.0 Å². The Balaban J connectivity index is 1.61. The lowest BCUT2D eigenvalue weighted by Crippen LogP contribution is -2.37. The minimum atomic E-state index is -4.68. The van der Waals surface area contributed by atoms with Crippen molar-refractivity contribution in [1.82, 2.24) is 25.2 Å². The molecule has 8 nitrogen and oxygen atoms in total. The zero-order valence-electron chi connectivity index (χ0n) is 16.2. The Hall–Kier alpha value is -3.28. The highest BCUT2D eigenvalue weighted by Gasteiger charge is 2.37. The van der Waals surface area contributed by atoms with E-state index in [1.165, 1.54) is 25.2 Å². The molecule has 0 radical (unpaired) electrons. The van der Waals surface area contributed by atoms with Gasteiger partial charge in [0.1, 0.15) is 17.6 Å². The average Bonchev–Trinajstić information content (AvgIpc) is 3.46. The summed E-state index contributed by atoms with van der Waals surface area (Å²) in [5, 5.41) is 9.78. The smallest absolute Gasteiger partial charge is 0.376 e. The third-order valence-corrected chi connectivity index (χ3v) is 4.82. The SMILES string of the molecule is Cn1nc(C(F)(F)F)cc1C(=O)N[C@@H](c1nc(-c2cccc(F)c2)no1)[C@H]1CCCO1. The van der Waals surface area contributed by atoms with Gasteiger partial charge >= 0.3 is 6.18 Å². The normalized spacial score (nSPS) is 17.6. The molecule has 3 aromatic rings. The number of aromatic nitrogens is 4. The van der Waals surface area contributed by atoms with E-state index in [2.05, 4.69) is 20.6 Å². The van der Waals surface area contributed by atoms with Crippen LogP contribution < -0.4 is 5.32 Å². The van der Waals surface area contributed by atoms with Gasteiger partial charge in [-0.25, -0.2) is 4.39 Å². The molecule has 1 amide bonds. The largest absolute Gasteiger partial charge is 0.435 e. The number of benzene rings is 1. The first-order valence-corrected chi connectivity index (χ1v) is 9.35. The number of rotatable bonds is 5. The molecule has 0 saturated carbocycles. The standard InChI is InChI=1S/C19H17F4N5O3/c1-28-12(9-14(26-28)19(21,22)23)17(29)24-15(13-6-3-7-30-13)18-25-16(27-31-18)10-4-2-5-11(20)8-10/h2,4-5,8-9,13,15H,3,6-7H2,1H3,(H,24,29)/t13-,15-/m1/s1. The molecule has 31 heavy (non-hydrogen) atoms. The van der Waals surface area contributed by atoms with E-state index in [0.29, 0.717) is 24.7 Å². The quantitative estimate of drug-likeness (QED) is 0.613. The van der Waals surface area contributed by atoms with E-state index >= 15 is 0 Å². The number of carbonyl (C=O) groups excluding carboxylic acids is 1. The number of alkyl halides is 3. The molecule has 164 valence electrons. The summed E-state index contributed by atoms with van der Waals surface area (Å²) >= 11 is 0. The Morgan fingerprint density at radius 2 is 2.13 bits per heavy atom. The lowest BCUT2D eigenvalue weighted by atomic mass is 10.1. The molecule has 12 heteroatoms. The second kappa shape index (κ2) is 8.10. The Labute approximate surface area is 173 Å². The van der Waals surface area contributed by atoms with Crippen LogP contribution in [-0.4, -0.2) is 38.5 Å². The van der Waals surface area contributed by atoms with Crippen molar-refractivity contribution >= 4 is 5.91 Å². The molecular formula is C19H17F4N5O3. The molecule has 0 aliphatic carbocycles. The molecule has 2 atom stereocenters. The molecule has 1 fully saturated rings. The summed E-state index contributed by atoms with van der Waals surface area (Å²) in [6.45, 7) is 0.450. The summed E-state index contributed by atoms with van der Waals surface area (Å²) in [5.74, 6) is -1.19. The Morgan fingerprint density at radius 1 is 1.32 bits per heavy atom. The summed E-state index contributed by atoms with van der Waals surface area (Å²) < 4.78 is 64.0. The summed E-state index contributed by atoms with van der Waals surface area (Å²) in [6.07, 6.45) is -3.90. The number of hydrogen-bond acceptors (Lipinski definition) is 6. The first-order valence-electron chi connectivity index (χ1n) is 9.35. The van der Waals surface area contributed by atoms with E-state index in [0.717, 1.165) is 11.1 Å². The van der Waals surface area contributed by atoms with E-state index < -0.39 is 35.7 Å². The van der Waals surface area contributed by atoms with Gasteiger partial charge in [-0.3, -0.25) is 9.48 Å². The highest BCUT2D eigenvalue weighted by atomic mass is 19.4. The van der Waals surface area contributed by atoms with Crippen LogP contribution in [-0.2, 0) is 18.0 Å². The van der Waals surface area contributed by atoms with Gasteiger partial charge in [-0.2, -0.15) is 23.3 Å². The maximum atomic E-state index is 13.5. The molecule has 1 saturated heterocycles. The minimum absolute atomic E-state index is 0.00211. The number of ether oxygens (including phenoxy) is 1. The Morgan fingerprint density at radius 3 is 2.77 bits per heavy atom. The fourth-order valence-corrected chi connectivity index (χ4v) is 3.32. The van der Waals surface area contributed by atoms with Crippen molar-refractivity contribution in [2.75, 3.05) is 6.61 Å². The van der Waals surface area contributed by atoms with Gasteiger partial charge in [0.2, 0.25) is 5.82 Å². The molecule has 0 spiro atoms. The van der Waals surface area contributed by atoms with Gasteiger partial charge in [-0.1, -0.05) is 17.3 Å². The maximum Gasteiger partial charge on any atom is 0.435 e. The third-order valence-electron chi connectivity index (χ3n) is 4.82. The Kier molecular flexibility index (Phi) is 5.48. The van der Waals surface area contributed by atoms with Crippen molar-refractivity contribution in [3.8, 4) is 11.4 Å². The predicted octanol–water partition coefficient (Wildman–Crippen LogP) is 3.28. The van der Waals surface area contributed by atoms with Crippen molar-refractivity contribution in [2.24, 2.45) is 7.05 Å². The minimum Gasteiger partial charge on any atom is -0.376 e. The van der Waals surface area contributed by atoms with E-state index in [1.807, 2.05) is 0 Å². The number of carbonyl (C=O) groups is 1. The summed E-state index contributed by atoms with van der Waals surface area (Å²) in [5.41, 5.74) is -1.10. The molecule has 1 N–H and O–H groups in total. The summed E-state index contributed by atoms with van der Waals surface area (Å²) in [6, 6.07) is 5.32. The van der Waals surface area contributed by atoms with Crippen LogP contribution >= 0.6 is 0 Å². The molecular weight excluding hydrogens is 422 g/mol. The monoisotopic (exact) mass is 439 g/mol. The van der Waals surface area contributed by atoms with Crippen molar-refractivity contribution in [3.05, 3.63) is 53.4 Å². The predicted molar refractivity (Wildman–Crippen MR) is 97.1 cm³/mol. The number of halogens is 4. The van der Waals surface area contributed by atoms with Crippen LogP contribution in [0.3, 0.4) is 0 Å². The number of aryl methyl sites for hydroxylation is 1. The van der Waals surface area contributed by atoms with Crippen molar-refractivity contribution in [1.29, 1.82) is 0 Å². The van der Waals surface area contributed by atoms with E-state index in [1.54, 1.807) is 6.07 Å². The first-order chi connectivity index (χ1) is 14.7. The fourth-order valence-electron chi connectivity index (χ4n) is 3.32. The molecule has 3 heterocycles. The number of amides is 1. The van der Waals surface area contributed by atoms with Crippen LogP contribution in [0.5, 0.6) is 0 Å². The highest BCUT2D eigenvalue weighted by Crippen LogP contribution is 2.30. The molecule has 0 bridgehead atoms. The third kappa shape index (κ3) is 4.43. The molecule has 1 aromatic carbocycles.